The molecule has 166 valence electrons. The molecule has 0 saturated carbocycles. The van der Waals surface area contributed by atoms with Crippen LogP contribution in [0.5, 0.6) is 0 Å². The van der Waals surface area contributed by atoms with Crippen molar-refractivity contribution in [3.05, 3.63) is 89.2 Å². The van der Waals surface area contributed by atoms with Gasteiger partial charge in [0, 0.05) is 11.3 Å². The van der Waals surface area contributed by atoms with E-state index < -0.39 is 39.7 Å². The minimum atomic E-state index is -4.63. The van der Waals surface area contributed by atoms with Gasteiger partial charge in [-0.25, -0.2) is 12.8 Å². The molecule has 0 bridgehead atoms. The summed E-state index contributed by atoms with van der Waals surface area (Å²) >= 11 is 0. The Bertz CT molecular complexity index is 1290. The maximum Gasteiger partial charge on any atom is 0.416 e. The fourth-order valence-corrected chi connectivity index (χ4v) is 4.49. The number of benzene rings is 3. The highest BCUT2D eigenvalue weighted by Crippen LogP contribution is 2.37. The highest BCUT2D eigenvalue weighted by molar-refractivity contribution is 7.89. The molecule has 0 fully saturated rings. The standard InChI is InChI=1S/C21H15F4N3O3S/c22-15-2-1-3-16(11-15)26-20(29)13-6-4-12(5-7-13)19-27-17-10-14(21(23,24)25)8-9-18(17)32(30,31)28-19/h1-11,19,27-28H,(H,26,29). The minimum Gasteiger partial charge on any atom is -0.364 e. The van der Waals surface area contributed by atoms with Crippen LogP contribution in [0.15, 0.2) is 71.6 Å². The summed E-state index contributed by atoms with van der Waals surface area (Å²) in [6, 6.07) is 13.4. The zero-order chi connectivity index (χ0) is 23.1. The van der Waals surface area contributed by atoms with Crippen molar-refractivity contribution >= 4 is 27.3 Å². The van der Waals surface area contributed by atoms with Crippen molar-refractivity contribution in [1.29, 1.82) is 0 Å². The number of rotatable bonds is 3. The molecule has 1 aliphatic rings. The number of carbonyl (C=O) groups excluding carboxylic acids is 1. The average Bonchev–Trinajstić information content (AvgIpc) is 2.72. The number of nitrogens with one attached hydrogen (secondary N) is 3. The Labute approximate surface area is 180 Å². The van der Waals surface area contributed by atoms with Gasteiger partial charge in [0.25, 0.3) is 5.91 Å². The van der Waals surface area contributed by atoms with Gasteiger partial charge in [0.05, 0.1) is 11.3 Å². The predicted molar refractivity (Wildman–Crippen MR) is 109 cm³/mol. The summed E-state index contributed by atoms with van der Waals surface area (Å²) < 4.78 is 79.7. The van der Waals surface area contributed by atoms with Crippen LogP contribution in [0.25, 0.3) is 0 Å². The lowest BCUT2D eigenvalue weighted by molar-refractivity contribution is -0.137. The summed E-state index contributed by atoms with van der Waals surface area (Å²) in [6.07, 6.45) is -5.67. The third-order valence-electron chi connectivity index (χ3n) is 4.76. The SMILES string of the molecule is O=C(Nc1cccc(F)c1)c1ccc(C2Nc3cc(C(F)(F)F)ccc3S(=O)(=O)N2)cc1. The predicted octanol–water partition coefficient (Wildman–Crippen LogP) is 4.50. The molecule has 1 aliphatic heterocycles. The van der Waals surface area contributed by atoms with Gasteiger partial charge in [0.1, 0.15) is 16.9 Å². The van der Waals surface area contributed by atoms with Crippen LogP contribution in [0.1, 0.15) is 27.7 Å². The van der Waals surface area contributed by atoms with E-state index in [2.05, 4.69) is 15.4 Å². The van der Waals surface area contributed by atoms with E-state index in [1.54, 1.807) is 0 Å². The second-order valence-electron chi connectivity index (χ2n) is 6.99. The van der Waals surface area contributed by atoms with Crippen LogP contribution in [-0.4, -0.2) is 14.3 Å². The normalized spacial score (nSPS) is 17.2. The van der Waals surface area contributed by atoms with Crippen molar-refractivity contribution in [3.8, 4) is 0 Å². The summed E-state index contributed by atoms with van der Waals surface area (Å²) in [5.41, 5.74) is -0.311. The van der Waals surface area contributed by atoms with Gasteiger partial charge >= 0.3 is 6.18 Å². The molecule has 1 atom stereocenters. The van der Waals surface area contributed by atoms with Gasteiger partial charge in [-0.3, -0.25) is 4.79 Å². The molecule has 3 aromatic carbocycles. The number of halogens is 4. The van der Waals surface area contributed by atoms with E-state index >= 15 is 0 Å². The van der Waals surface area contributed by atoms with E-state index in [-0.39, 0.29) is 21.8 Å². The van der Waals surface area contributed by atoms with Crippen molar-refractivity contribution in [2.24, 2.45) is 0 Å². The zero-order valence-corrected chi connectivity index (χ0v) is 16.9. The lowest BCUT2D eigenvalue weighted by atomic mass is 10.1. The van der Waals surface area contributed by atoms with E-state index in [1.807, 2.05) is 0 Å². The third kappa shape index (κ3) is 4.43. The average molecular weight is 465 g/mol. The highest BCUT2D eigenvalue weighted by atomic mass is 32.2. The number of anilines is 2. The molecule has 3 N–H and O–H groups in total. The zero-order valence-electron chi connectivity index (χ0n) is 16.1. The number of hydrogen-bond acceptors (Lipinski definition) is 4. The topological polar surface area (TPSA) is 87.3 Å². The van der Waals surface area contributed by atoms with Crippen molar-refractivity contribution in [3.63, 3.8) is 0 Å². The van der Waals surface area contributed by atoms with Gasteiger partial charge in [0.15, 0.2) is 0 Å². The van der Waals surface area contributed by atoms with Gasteiger partial charge in [-0.15, -0.1) is 0 Å². The van der Waals surface area contributed by atoms with Gasteiger partial charge in [-0.2, -0.15) is 17.9 Å². The molecule has 11 heteroatoms. The van der Waals surface area contributed by atoms with Crippen molar-refractivity contribution < 1.29 is 30.8 Å². The van der Waals surface area contributed by atoms with Gasteiger partial charge in [-0.05, 0) is 54.1 Å². The van der Waals surface area contributed by atoms with Gasteiger partial charge < -0.3 is 10.6 Å². The van der Waals surface area contributed by atoms with E-state index in [4.69, 9.17) is 0 Å². The van der Waals surface area contributed by atoms with Crippen molar-refractivity contribution in [2.75, 3.05) is 10.6 Å². The first-order valence-corrected chi connectivity index (χ1v) is 10.7. The second-order valence-corrected chi connectivity index (χ2v) is 8.68. The fraction of sp³-hybridized carbons (Fsp3) is 0.0952. The number of carbonyl (C=O) groups is 1. The monoisotopic (exact) mass is 465 g/mol. The highest BCUT2D eigenvalue weighted by Gasteiger charge is 2.35. The lowest BCUT2D eigenvalue weighted by Gasteiger charge is -2.29. The van der Waals surface area contributed by atoms with E-state index in [0.717, 1.165) is 18.2 Å². The number of sulfonamides is 1. The summed E-state index contributed by atoms with van der Waals surface area (Å²) in [7, 11) is -4.07. The van der Waals surface area contributed by atoms with Crippen LogP contribution in [0.3, 0.4) is 0 Å². The van der Waals surface area contributed by atoms with Crippen LogP contribution in [0.4, 0.5) is 28.9 Å². The van der Waals surface area contributed by atoms with Gasteiger partial charge in [-0.1, -0.05) is 18.2 Å². The smallest absolute Gasteiger partial charge is 0.364 e. The number of fused-ring (bicyclic) bond motifs is 1. The summed E-state index contributed by atoms with van der Waals surface area (Å²) in [4.78, 5) is 12.0. The van der Waals surface area contributed by atoms with E-state index in [0.29, 0.717) is 11.6 Å². The van der Waals surface area contributed by atoms with Crippen LogP contribution < -0.4 is 15.4 Å². The molecular formula is C21H15F4N3O3S. The molecular weight excluding hydrogens is 450 g/mol. The van der Waals surface area contributed by atoms with Crippen LogP contribution in [0.2, 0.25) is 0 Å². The van der Waals surface area contributed by atoms with Crippen molar-refractivity contribution in [2.45, 2.75) is 17.2 Å². The first-order valence-electron chi connectivity index (χ1n) is 9.20. The molecule has 3 aromatic rings. The molecule has 1 unspecified atom stereocenters. The van der Waals surface area contributed by atoms with Crippen LogP contribution in [-0.2, 0) is 16.2 Å². The van der Waals surface area contributed by atoms with E-state index in [9.17, 15) is 30.8 Å². The third-order valence-corrected chi connectivity index (χ3v) is 6.24. The largest absolute Gasteiger partial charge is 0.416 e. The Balaban J connectivity index is 1.56. The molecule has 4 rings (SSSR count). The maximum absolute atomic E-state index is 13.3. The van der Waals surface area contributed by atoms with Crippen LogP contribution in [0, 0.1) is 5.82 Å². The first-order chi connectivity index (χ1) is 15.0. The quantitative estimate of drug-likeness (QED) is 0.497. The fourth-order valence-electron chi connectivity index (χ4n) is 3.20. The first kappa shape index (κ1) is 21.8. The number of amides is 1. The molecule has 0 saturated heterocycles. The lowest BCUT2D eigenvalue weighted by Crippen LogP contribution is -2.38. The molecule has 0 aliphatic carbocycles. The minimum absolute atomic E-state index is 0.184. The summed E-state index contributed by atoms with van der Waals surface area (Å²) in [6.45, 7) is 0. The van der Waals surface area contributed by atoms with Crippen molar-refractivity contribution in [1.82, 2.24) is 4.72 Å². The Hall–Kier alpha value is -3.44. The molecule has 1 amide bonds. The molecule has 32 heavy (non-hydrogen) atoms. The summed E-state index contributed by atoms with van der Waals surface area (Å²) in [5.74, 6) is -1.03. The second kappa shape index (κ2) is 7.92. The molecule has 0 radical (unpaired) electrons. The molecule has 1 heterocycles. The summed E-state index contributed by atoms with van der Waals surface area (Å²) in [5, 5.41) is 5.28. The number of hydrogen-bond donors (Lipinski definition) is 3. The Morgan fingerprint density at radius 1 is 0.969 bits per heavy atom. The maximum atomic E-state index is 13.3. The molecule has 6 nitrogen and oxygen atoms in total. The Morgan fingerprint density at radius 3 is 2.34 bits per heavy atom. The number of alkyl halides is 3. The van der Waals surface area contributed by atoms with E-state index in [1.165, 1.54) is 42.5 Å². The van der Waals surface area contributed by atoms with Gasteiger partial charge in [0.2, 0.25) is 10.0 Å². The Kier molecular flexibility index (Phi) is 5.39. The molecule has 0 aromatic heterocycles. The van der Waals surface area contributed by atoms with Crippen LogP contribution >= 0.6 is 0 Å². The Morgan fingerprint density at radius 2 is 1.69 bits per heavy atom. The molecule has 0 spiro atoms.